The van der Waals surface area contributed by atoms with Gasteiger partial charge in [-0.3, -0.25) is 4.79 Å². The van der Waals surface area contributed by atoms with Crippen molar-refractivity contribution >= 4 is 5.97 Å². The Kier molecular flexibility index (Phi) is 16.8. The minimum absolute atomic E-state index is 0.154. The van der Waals surface area contributed by atoms with E-state index in [1.54, 1.807) is 0 Å². The van der Waals surface area contributed by atoms with E-state index in [9.17, 15) is 4.79 Å². The number of hydrogen-bond donors (Lipinski definition) is 0. The molecule has 2 nitrogen and oxygen atoms in total. The van der Waals surface area contributed by atoms with Gasteiger partial charge in [0.05, 0.1) is 6.61 Å². The molecule has 0 aliphatic carbocycles. The highest BCUT2D eigenvalue weighted by Crippen LogP contribution is 2.14. The summed E-state index contributed by atoms with van der Waals surface area (Å²) in [6, 6.07) is 10.9. The average Bonchev–Trinajstić information content (AvgIpc) is 2.70. The molecule has 0 aromatic heterocycles. The van der Waals surface area contributed by atoms with Crippen LogP contribution in [0.15, 0.2) is 30.3 Å². The fraction of sp³-hybridized carbons (Fsp3) is 0.731. The Labute approximate surface area is 174 Å². The van der Waals surface area contributed by atoms with E-state index in [1.807, 2.05) is 0 Å². The number of carbonyl (C=O) groups excluding carboxylic acids is 1. The van der Waals surface area contributed by atoms with Gasteiger partial charge in [-0.2, -0.15) is 0 Å². The van der Waals surface area contributed by atoms with Crippen LogP contribution < -0.4 is 0 Å². The van der Waals surface area contributed by atoms with Crippen molar-refractivity contribution in [2.45, 2.75) is 116 Å². The molecule has 0 amide bonds. The zero-order valence-electron chi connectivity index (χ0n) is 18.4. The Morgan fingerprint density at radius 1 is 0.607 bits per heavy atom. The zero-order chi connectivity index (χ0) is 20.1. The molecule has 0 saturated heterocycles. The van der Waals surface area contributed by atoms with Gasteiger partial charge in [0.1, 0.15) is 0 Å². The van der Waals surface area contributed by atoms with Gasteiger partial charge in [0.2, 0.25) is 0 Å². The van der Waals surface area contributed by atoms with Gasteiger partial charge in [-0.05, 0) is 24.8 Å². The first-order valence-corrected chi connectivity index (χ1v) is 12.0. The number of rotatable bonds is 19. The van der Waals surface area contributed by atoms with E-state index in [-0.39, 0.29) is 5.97 Å². The largest absolute Gasteiger partial charge is 0.466 e. The van der Waals surface area contributed by atoms with Gasteiger partial charge in [-0.1, -0.05) is 120 Å². The van der Waals surface area contributed by atoms with E-state index in [1.165, 1.54) is 115 Å². The molecule has 0 N–H and O–H groups in total. The lowest BCUT2D eigenvalue weighted by molar-refractivity contribution is -0.141. The number of hydrogen-bond acceptors (Lipinski definition) is 2. The molecule has 28 heavy (non-hydrogen) atoms. The van der Waals surface area contributed by atoms with Crippen molar-refractivity contribution in [3.63, 3.8) is 0 Å². The Morgan fingerprint density at radius 2 is 1.00 bits per heavy atom. The molecule has 1 aromatic rings. The SMILES string of the molecule is CC(=O)OCCCCCCCCCCCCCCCCCCc1ccccc1. The third-order valence-corrected chi connectivity index (χ3v) is 5.51. The Hall–Kier alpha value is -1.31. The summed E-state index contributed by atoms with van der Waals surface area (Å²) in [5.74, 6) is -0.154. The van der Waals surface area contributed by atoms with Crippen molar-refractivity contribution < 1.29 is 9.53 Å². The number of esters is 1. The van der Waals surface area contributed by atoms with Crippen LogP contribution in [-0.4, -0.2) is 12.6 Å². The molecule has 0 aliphatic rings. The van der Waals surface area contributed by atoms with Crippen LogP contribution in [0.1, 0.15) is 115 Å². The Morgan fingerprint density at radius 3 is 1.43 bits per heavy atom. The monoisotopic (exact) mass is 388 g/mol. The van der Waals surface area contributed by atoms with Gasteiger partial charge >= 0.3 is 5.97 Å². The van der Waals surface area contributed by atoms with E-state index in [0.717, 1.165) is 6.42 Å². The van der Waals surface area contributed by atoms with Crippen molar-refractivity contribution in [3.8, 4) is 0 Å². The van der Waals surface area contributed by atoms with Crippen LogP contribution in [0, 0.1) is 0 Å². The maximum atomic E-state index is 10.6. The Bertz CT molecular complexity index is 455. The minimum atomic E-state index is -0.154. The summed E-state index contributed by atoms with van der Waals surface area (Å²) in [6.45, 7) is 2.08. The summed E-state index contributed by atoms with van der Waals surface area (Å²) in [5.41, 5.74) is 1.49. The van der Waals surface area contributed by atoms with Crippen LogP contribution in [0.5, 0.6) is 0 Å². The number of carbonyl (C=O) groups is 1. The predicted octanol–water partition coefficient (Wildman–Crippen LogP) is 8.03. The first kappa shape index (κ1) is 24.7. The van der Waals surface area contributed by atoms with Crippen LogP contribution in [0.4, 0.5) is 0 Å². The zero-order valence-corrected chi connectivity index (χ0v) is 18.4. The molecule has 1 aromatic carbocycles. The van der Waals surface area contributed by atoms with Crippen molar-refractivity contribution in [2.75, 3.05) is 6.61 Å². The quantitative estimate of drug-likeness (QED) is 0.177. The molecule has 1 rings (SSSR count). The van der Waals surface area contributed by atoms with E-state index in [0.29, 0.717) is 6.61 Å². The fourth-order valence-electron chi connectivity index (χ4n) is 3.77. The van der Waals surface area contributed by atoms with E-state index in [4.69, 9.17) is 4.74 Å². The average molecular weight is 389 g/mol. The summed E-state index contributed by atoms with van der Waals surface area (Å²) in [6.07, 6.45) is 23.0. The van der Waals surface area contributed by atoms with Gasteiger partial charge in [-0.25, -0.2) is 0 Å². The normalized spacial score (nSPS) is 10.9. The smallest absolute Gasteiger partial charge is 0.302 e. The van der Waals surface area contributed by atoms with Crippen LogP contribution in [0.25, 0.3) is 0 Å². The molecule has 160 valence electrons. The number of unbranched alkanes of at least 4 members (excludes halogenated alkanes) is 15. The summed E-state index contributed by atoms with van der Waals surface area (Å²) in [4.78, 5) is 10.6. The summed E-state index contributed by atoms with van der Waals surface area (Å²) in [7, 11) is 0. The van der Waals surface area contributed by atoms with Gasteiger partial charge in [0, 0.05) is 6.92 Å². The molecule has 0 heterocycles. The highest BCUT2D eigenvalue weighted by molar-refractivity contribution is 5.65. The summed E-state index contributed by atoms with van der Waals surface area (Å²) < 4.78 is 4.94. The topological polar surface area (TPSA) is 26.3 Å². The van der Waals surface area contributed by atoms with Gasteiger partial charge in [0.25, 0.3) is 0 Å². The van der Waals surface area contributed by atoms with Crippen LogP contribution in [-0.2, 0) is 16.0 Å². The van der Waals surface area contributed by atoms with Crippen molar-refractivity contribution in [1.82, 2.24) is 0 Å². The predicted molar refractivity (Wildman–Crippen MR) is 121 cm³/mol. The third-order valence-electron chi connectivity index (χ3n) is 5.51. The maximum absolute atomic E-state index is 10.6. The number of aryl methyl sites for hydroxylation is 1. The second kappa shape index (κ2) is 19.0. The standard InChI is InChI=1S/C26H44O2/c1-25(27)28-24-20-15-13-11-9-7-5-3-2-4-6-8-10-12-14-17-21-26-22-18-16-19-23-26/h16,18-19,22-23H,2-15,17,20-21,24H2,1H3. The lowest BCUT2D eigenvalue weighted by Gasteiger charge is -2.04. The second-order valence-electron chi connectivity index (χ2n) is 8.23. The first-order chi connectivity index (χ1) is 13.8. The molecule has 2 heteroatoms. The van der Waals surface area contributed by atoms with E-state index < -0.39 is 0 Å². The molecule has 0 bridgehead atoms. The number of ether oxygens (including phenoxy) is 1. The lowest BCUT2D eigenvalue weighted by atomic mass is 10.0. The van der Waals surface area contributed by atoms with Crippen molar-refractivity contribution in [1.29, 1.82) is 0 Å². The first-order valence-electron chi connectivity index (χ1n) is 12.0. The summed E-state index contributed by atoms with van der Waals surface area (Å²) in [5, 5.41) is 0. The third kappa shape index (κ3) is 16.8. The molecule has 0 fully saturated rings. The van der Waals surface area contributed by atoms with Crippen LogP contribution >= 0.6 is 0 Å². The van der Waals surface area contributed by atoms with Gasteiger partial charge < -0.3 is 4.74 Å². The molecule has 0 atom stereocenters. The molecule has 0 spiro atoms. The molecule has 0 saturated carbocycles. The van der Waals surface area contributed by atoms with E-state index >= 15 is 0 Å². The second-order valence-corrected chi connectivity index (χ2v) is 8.23. The van der Waals surface area contributed by atoms with Crippen LogP contribution in [0.2, 0.25) is 0 Å². The molecular weight excluding hydrogens is 344 g/mol. The van der Waals surface area contributed by atoms with Crippen LogP contribution in [0.3, 0.4) is 0 Å². The fourth-order valence-corrected chi connectivity index (χ4v) is 3.77. The Balaban J connectivity index is 1.68. The van der Waals surface area contributed by atoms with Gasteiger partial charge in [-0.15, -0.1) is 0 Å². The molecule has 0 unspecified atom stereocenters. The minimum Gasteiger partial charge on any atom is -0.466 e. The van der Waals surface area contributed by atoms with E-state index in [2.05, 4.69) is 30.3 Å². The highest BCUT2D eigenvalue weighted by Gasteiger charge is 1.96. The molecular formula is C26H44O2. The molecule has 0 aliphatic heterocycles. The van der Waals surface area contributed by atoms with Crippen molar-refractivity contribution in [2.24, 2.45) is 0 Å². The maximum Gasteiger partial charge on any atom is 0.302 e. The van der Waals surface area contributed by atoms with Crippen molar-refractivity contribution in [3.05, 3.63) is 35.9 Å². The molecule has 0 radical (unpaired) electrons. The number of benzene rings is 1. The lowest BCUT2D eigenvalue weighted by Crippen LogP contribution is -2.00. The van der Waals surface area contributed by atoms with Gasteiger partial charge in [0.15, 0.2) is 0 Å². The summed E-state index contributed by atoms with van der Waals surface area (Å²) >= 11 is 0. The highest BCUT2D eigenvalue weighted by atomic mass is 16.5.